The van der Waals surface area contributed by atoms with E-state index in [2.05, 4.69) is 10.1 Å². The van der Waals surface area contributed by atoms with Crippen LogP contribution in [-0.4, -0.2) is 37.9 Å². The predicted octanol–water partition coefficient (Wildman–Crippen LogP) is 3.25. The maximum absolute atomic E-state index is 12.2. The number of nitrogens with one attached hydrogen (secondary N) is 1. The Hall–Kier alpha value is -1.76. The van der Waals surface area contributed by atoms with Crippen LogP contribution in [0.4, 0.5) is 13.2 Å². The van der Waals surface area contributed by atoms with Gasteiger partial charge in [0, 0.05) is 13.7 Å². The van der Waals surface area contributed by atoms with Crippen molar-refractivity contribution in [3.8, 4) is 5.75 Å². The van der Waals surface area contributed by atoms with Gasteiger partial charge in [-0.25, -0.2) is 0 Å². The van der Waals surface area contributed by atoms with Crippen LogP contribution in [0.3, 0.4) is 0 Å². The van der Waals surface area contributed by atoms with E-state index in [0.717, 1.165) is 25.7 Å². The van der Waals surface area contributed by atoms with Crippen molar-refractivity contribution >= 4 is 5.91 Å². The first-order valence-electron chi connectivity index (χ1n) is 7.92. The second-order valence-electron chi connectivity index (χ2n) is 6.07. The minimum absolute atomic E-state index is 0.0986. The molecule has 0 heterocycles. The molecule has 0 aliphatic heterocycles. The van der Waals surface area contributed by atoms with Crippen LogP contribution in [-0.2, 0) is 16.0 Å². The van der Waals surface area contributed by atoms with E-state index in [9.17, 15) is 18.0 Å². The number of halogens is 3. The Bertz CT molecular complexity index is 551. The van der Waals surface area contributed by atoms with Crippen molar-refractivity contribution < 1.29 is 27.4 Å². The van der Waals surface area contributed by atoms with Gasteiger partial charge < -0.3 is 14.8 Å². The molecule has 1 aliphatic carbocycles. The molecule has 0 spiro atoms. The fraction of sp³-hybridized carbons (Fsp3) is 0.588. The Kier molecular flexibility index (Phi) is 6.10. The average Bonchev–Trinajstić information content (AvgIpc) is 2.48. The van der Waals surface area contributed by atoms with E-state index in [1.54, 1.807) is 19.2 Å². The van der Waals surface area contributed by atoms with Crippen LogP contribution in [0, 0.1) is 0 Å². The predicted molar refractivity (Wildman–Crippen MR) is 82.9 cm³/mol. The summed E-state index contributed by atoms with van der Waals surface area (Å²) in [5.41, 5.74) is 0.510. The quantitative estimate of drug-likeness (QED) is 0.787. The minimum Gasteiger partial charge on any atom is -0.484 e. The van der Waals surface area contributed by atoms with Crippen LogP contribution in [0.15, 0.2) is 24.3 Å². The van der Waals surface area contributed by atoms with Crippen molar-refractivity contribution in [3.63, 3.8) is 0 Å². The summed E-state index contributed by atoms with van der Waals surface area (Å²) in [7, 11) is 1.69. The molecule has 1 amide bonds. The number of carbonyl (C=O) groups is 1. The molecule has 0 unspecified atom stereocenters. The van der Waals surface area contributed by atoms with Gasteiger partial charge in [0.2, 0.25) is 5.91 Å². The van der Waals surface area contributed by atoms with Gasteiger partial charge in [-0.2, -0.15) is 13.2 Å². The molecule has 0 saturated heterocycles. The second kappa shape index (κ2) is 7.88. The number of carbonyl (C=O) groups excluding carboxylic acids is 1. The molecule has 0 atom stereocenters. The van der Waals surface area contributed by atoms with Gasteiger partial charge in [-0.15, -0.1) is 0 Å². The first-order chi connectivity index (χ1) is 11.3. The number of rotatable bonds is 8. The van der Waals surface area contributed by atoms with Gasteiger partial charge in [-0.1, -0.05) is 12.1 Å². The number of amides is 1. The summed E-state index contributed by atoms with van der Waals surface area (Å²) in [6.45, 7) is -0.821. The number of hydrogen-bond acceptors (Lipinski definition) is 3. The van der Waals surface area contributed by atoms with Crippen molar-refractivity contribution in [1.82, 2.24) is 5.32 Å². The molecule has 0 radical (unpaired) electrons. The summed E-state index contributed by atoms with van der Waals surface area (Å²) < 4.78 is 46.6. The smallest absolute Gasteiger partial charge is 0.422 e. The summed E-state index contributed by atoms with van der Waals surface area (Å²) >= 11 is 0. The molecular formula is C17H22F3NO3. The molecule has 4 nitrogen and oxygen atoms in total. The Morgan fingerprint density at radius 2 is 2.08 bits per heavy atom. The van der Waals surface area contributed by atoms with Crippen molar-refractivity contribution in [2.24, 2.45) is 0 Å². The van der Waals surface area contributed by atoms with E-state index in [1.807, 2.05) is 0 Å². The van der Waals surface area contributed by atoms with Gasteiger partial charge >= 0.3 is 6.18 Å². The van der Waals surface area contributed by atoms with Crippen molar-refractivity contribution in [3.05, 3.63) is 29.8 Å². The van der Waals surface area contributed by atoms with E-state index in [-0.39, 0.29) is 23.7 Å². The fourth-order valence-electron chi connectivity index (χ4n) is 2.72. The monoisotopic (exact) mass is 345 g/mol. The first-order valence-corrected chi connectivity index (χ1v) is 7.92. The van der Waals surface area contributed by atoms with Gasteiger partial charge in [0.05, 0.1) is 12.0 Å². The van der Waals surface area contributed by atoms with Crippen LogP contribution in [0.1, 0.15) is 31.2 Å². The highest BCUT2D eigenvalue weighted by atomic mass is 19.4. The minimum atomic E-state index is -4.38. The summed E-state index contributed by atoms with van der Waals surface area (Å²) in [5.74, 6) is -0.0704. The molecular weight excluding hydrogens is 323 g/mol. The number of hydrogen-bond donors (Lipinski definition) is 1. The molecule has 7 heteroatoms. The number of benzene rings is 1. The van der Waals surface area contributed by atoms with Crippen molar-refractivity contribution in [1.29, 1.82) is 0 Å². The molecule has 1 N–H and O–H groups in total. The van der Waals surface area contributed by atoms with E-state index in [0.29, 0.717) is 12.1 Å². The lowest BCUT2D eigenvalue weighted by atomic mass is 9.77. The fourth-order valence-corrected chi connectivity index (χ4v) is 2.72. The zero-order valence-corrected chi connectivity index (χ0v) is 13.6. The van der Waals surface area contributed by atoms with Gasteiger partial charge in [-0.05, 0) is 43.4 Å². The third kappa shape index (κ3) is 5.70. The molecule has 2 rings (SSSR count). The maximum atomic E-state index is 12.2. The molecule has 1 fully saturated rings. The molecule has 134 valence electrons. The Balaban J connectivity index is 1.77. The highest BCUT2D eigenvalue weighted by molar-refractivity contribution is 5.78. The Morgan fingerprint density at radius 3 is 2.67 bits per heavy atom. The Morgan fingerprint density at radius 1 is 1.33 bits per heavy atom. The molecule has 0 aromatic heterocycles. The van der Waals surface area contributed by atoms with Gasteiger partial charge in [0.25, 0.3) is 0 Å². The molecule has 24 heavy (non-hydrogen) atoms. The third-order valence-corrected chi connectivity index (χ3v) is 4.27. The van der Waals surface area contributed by atoms with E-state index < -0.39 is 12.8 Å². The summed E-state index contributed by atoms with van der Waals surface area (Å²) in [6.07, 6.45) is -0.345. The van der Waals surface area contributed by atoms with Crippen molar-refractivity contribution in [2.75, 3.05) is 20.3 Å². The van der Waals surface area contributed by atoms with Gasteiger partial charge in [0.1, 0.15) is 5.75 Å². The van der Waals surface area contributed by atoms with Crippen LogP contribution < -0.4 is 10.1 Å². The zero-order valence-electron chi connectivity index (χ0n) is 13.6. The molecule has 1 aromatic rings. The summed E-state index contributed by atoms with van der Waals surface area (Å²) in [4.78, 5) is 11.9. The maximum Gasteiger partial charge on any atom is 0.422 e. The molecule has 1 saturated carbocycles. The highest BCUT2D eigenvalue weighted by Gasteiger charge is 2.36. The van der Waals surface area contributed by atoms with E-state index in [1.165, 1.54) is 12.1 Å². The first kappa shape index (κ1) is 18.6. The summed E-state index contributed by atoms with van der Waals surface area (Å²) in [6, 6.07) is 6.14. The number of alkyl halides is 3. The van der Waals surface area contributed by atoms with E-state index in [4.69, 9.17) is 4.74 Å². The topological polar surface area (TPSA) is 47.6 Å². The van der Waals surface area contributed by atoms with Crippen LogP contribution in [0.5, 0.6) is 5.75 Å². The lowest BCUT2D eigenvalue weighted by Gasteiger charge is -2.40. The number of methoxy groups -OCH3 is 1. The zero-order chi connectivity index (χ0) is 17.6. The second-order valence-corrected chi connectivity index (χ2v) is 6.07. The van der Waals surface area contributed by atoms with Gasteiger partial charge in [-0.3, -0.25) is 4.79 Å². The van der Waals surface area contributed by atoms with Crippen LogP contribution >= 0.6 is 0 Å². The van der Waals surface area contributed by atoms with Gasteiger partial charge in [0.15, 0.2) is 6.61 Å². The molecule has 0 bridgehead atoms. The normalized spacial score (nSPS) is 16.3. The average molecular weight is 345 g/mol. The Labute approximate surface area is 139 Å². The standard InChI is InChI=1S/C17H22F3NO3/c1-23-16(6-3-7-16)8-9-21-15(22)11-13-4-2-5-14(10-13)24-12-17(18,19)20/h2,4-5,10H,3,6-9,11-12H2,1H3,(H,21,22). The van der Waals surface area contributed by atoms with Crippen LogP contribution in [0.2, 0.25) is 0 Å². The lowest BCUT2D eigenvalue weighted by Crippen LogP contribution is -2.42. The largest absolute Gasteiger partial charge is 0.484 e. The highest BCUT2D eigenvalue weighted by Crippen LogP contribution is 2.37. The van der Waals surface area contributed by atoms with Crippen molar-refractivity contribution in [2.45, 2.75) is 43.9 Å². The summed E-state index contributed by atoms with van der Waals surface area (Å²) in [5, 5.41) is 2.83. The number of ether oxygens (including phenoxy) is 2. The van der Waals surface area contributed by atoms with Crippen LogP contribution in [0.25, 0.3) is 0 Å². The lowest BCUT2D eigenvalue weighted by molar-refractivity contribution is -0.153. The molecule has 1 aromatic carbocycles. The SMILES string of the molecule is COC1(CCNC(=O)Cc2cccc(OCC(F)(F)F)c2)CCC1. The molecule has 1 aliphatic rings. The third-order valence-electron chi connectivity index (χ3n) is 4.27. The van der Waals surface area contributed by atoms with E-state index >= 15 is 0 Å².